The molecule has 0 spiro atoms. The first kappa shape index (κ1) is 12.5. The Morgan fingerprint density at radius 1 is 1.24 bits per heavy atom. The van der Waals surface area contributed by atoms with E-state index in [1.807, 2.05) is 36.4 Å². The zero-order chi connectivity index (χ0) is 14.4. The highest BCUT2D eigenvalue weighted by Crippen LogP contribution is 2.55. The predicted octanol–water partition coefficient (Wildman–Crippen LogP) is 3.29. The van der Waals surface area contributed by atoms with Crippen molar-refractivity contribution in [3.05, 3.63) is 42.0 Å². The standard InChI is InChI=1S/C17H16O4/c1-19-13-9-12(10-5-3-2-4-6-10)15(18)14-11-7-8-20-17(11)21-16(13)14/h2-6,9,11,17-18H,7-8H2,1H3/t11-,17+/m0/s1. The summed E-state index contributed by atoms with van der Waals surface area (Å²) in [5, 5.41) is 10.7. The Bertz CT molecular complexity index is 681. The minimum absolute atomic E-state index is 0.0811. The minimum Gasteiger partial charge on any atom is -0.507 e. The van der Waals surface area contributed by atoms with E-state index in [4.69, 9.17) is 14.2 Å². The van der Waals surface area contributed by atoms with Gasteiger partial charge in [-0.05, 0) is 18.1 Å². The quantitative estimate of drug-likeness (QED) is 0.919. The first-order valence-corrected chi connectivity index (χ1v) is 7.07. The van der Waals surface area contributed by atoms with E-state index in [0.29, 0.717) is 18.1 Å². The fourth-order valence-electron chi connectivity index (χ4n) is 3.18. The molecule has 2 heterocycles. The van der Waals surface area contributed by atoms with Crippen LogP contribution in [0.1, 0.15) is 17.9 Å². The van der Waals surface area contributed by atoms with Gasteiger partial charge in [-0.1, -0.05) is 30.3 Å². The average Bonchev–Trinajstić information content (AvgIpc) is 3.09. The van der Waals surface area contributed by atoms with Crippen molar-refractivity contribution >= 4 is 0 Å². The maximum absolute atomic E-state index is 10.7. The summed E-state index contributed by atoms with van der Waals surface area (Å²) in [6.07, 6.45) is 0.554. The molecule has 0 bridgehead atoms. The van der Waals surface area contributed by atoms with E-state index >= 15 is 0 Å². The van der Waals surface area contributed by atoms with Crippen LogP contribution >= 0.6 is 0 Å². The van der Waals surface area contributed by atoms with Gasteiger partial charge in [-0.3, -0.25) is 0 Å². The van der Waals surface area contributed by atoms with E-state index in [9.17, 15) is 5.11 Å². The molecule has 0 unspecified atom stereocenters. The summed E-state index contributed by atoms with van der Waals surface area (Å²) in [6, 6.07) is 11.6. The summed E-state index contributed by atoms with van der Waals surface area (Å²) < 4.78 is 16.8. The number of aromatic hydroxyl groups is 1. The monoisotopic (exact) mass is 284 g/mol. The topological polar surface area (TPSA) is 47.9 Å². The molecule has 0 aliphatic carbocycles. The summed E-state index contributed by atoms with van der Waals surface area (Å²) in [5.41, 5.74) is 2.54. The van der Waals surface area contributed by atoms with Gasteiger partial charge in [0, 0.05) is 11.1 Å². The highest BCUT2D eigenvalue weighted by atomic mass is 16.7. The van der Waals surface area contributed by atoms with Gasteiger partial charge in [0.05, 0.1) is 19.6 Å². The van der Waals surface area contributed by atoms with Crippen molar-refractivity contribution in [1.29, 1.82) is 0 Å². The molecular formula is C17H16O4. The van der Waals surface area contributed by atoms with Crippen LogP contribution in [0.25, 0.3) is 11.1 Å². The molecular weight excluding hydrogens is 268 g/mol. The number of phenolic OH excluding ortho intramolecular Hbond substituents is 1. The van der Waals surface area contributed by atoms with Crippen LogP contribution in [0.15, 0.2) is 36.4 Å². The fourth-order valence-corrected chi connectivity index (χ4v) is 3.18. The zero-order valence-corrected chi connectivity index (χ0v) is 11.7. The van der Waals surface area contributed by atoms with E-state index < -0.39 is 0 Å². The molecule has 0 radical (unpaired) electrons. The van der Waals surface area contributed by atoms with E-state index in [-0.39, 0.29) is 18.0 Å². The number of fused-ring (bicyclic) bond motifs is 3. The van der Waals surface area contributed by atoms with Crippen LogP contribution in [0.2, 0.25) is 0 Å². The van der Waals surface area contributed by atoms with Crippen molar-refractivity contribution in [3.63, 3.8) is 0 Å². The second-order valence-corrected chi connectivity index (χ2v) is 5.34. The number of hydrogen-bond donors (Lipinski definition) is 1. The summed E-state index contributed by atoms with van der Waals surface area (Å²) in [6.45, 7) is 0.659. The van der Waals surface area contributed by atoms with Crippen molar-refractivity contribution in [2.75, 3.05) is 13.7 Å². The molecule has 4 nitrogen and oxygen atoms in total. The Kier molecular flexibility index (Phi) is 2.79. The lowest BCUT2D eigenvalue weighted by Crippen LogP contribution is -2.13. The highest BCUT2D eigenvalue weighted by Gasteiger charge is 2.43. The lowest BCUT2D eigenvalue weighted by atomic mass is 9.92. The Morgan fingerprint density at radius 2 is 2.05 bits per heavy atom. The van der Waals surface area contributed by atoms with Gasteiger partial charge in [-0.25, -0.2) is 0 Å². The van der Waals surface area contributed by atoms with Crippen LogP contribution in [-0.4, -0.2) is 25.1 Å². The van der Waals surface area contributed by atoms with Gasteiger partial charge in [0.1, 0.15) is 5.75 Å². The van der Waals surface area contributed by atoms with Crippen LogP contribution in [0.5, 0.6) is 17.2 Å². The molecule has 4 heteroatoms. The zero-order valence-electron chi connectivity index (χ0n) is 11.7. The summed E-state index contributed by atoms with van der Waals surface area (Å²) in [5.74, 6) is 1.61. The Labute approximate surface area is 122 Å². The van der Waals surface area contributed by atoms with Crippen molar-refractivity contribution in [2.24, 2.45) is 0 Å². The number of benzene rings is 2. The lowest BCUT2D eigenvalue weighted by Gasteiger charge is -2.14. The number of rotatable bonds is 2. The van der Waals surface area contributed by atoms with Gasteiger partial charge in [-0.15, -0.1) is 0 Å². The molecule has 1 saturated heterocycles. The van der Waals surface area contributed by atoms with Gasteiger partial charge < -0.3 is 19.3 Å². The SMILES string of the molecule is COc1cc(-c2ccccc2)c(O)c2c1O[C@H]1OCC[C@@H]21. The third kappa shape index (κ3) is 1.79. The third-order valence-corrected chi connectivity index (χ3v) is 4.20. The Morgan fingerprint density at radius 3 is 2.81 bits per heavy atom. The molecule has 2 atom stereocenters. The first-order valence-electron chi connectivity index (χ1n) is 7.07. The van der Waals surface area contributed by atoms with Gasteiger partial charge >= 0.3 is 0 Å². The lowest BCUT2D eigenvalue weighted by molar-refractivity contribution is -0.0347. The molecule has 2 aliphatic rings. The average molecular weight is 284 g/mol. The van der Waals surface area contributed by atoms with Crippen molar-refractivity contribution < 1.29 is 19.3 Å². The molecule has 2 aromatic rings. The number of ether oxygens (including phenoxy) is 3. The molecule has 108 valence electrons. The first-order chi connectivity index (χ1) is 10.3. The molecule has 0 saturated carbocycles. The fraction of sp³-hybridized carbons (Fsp3) is 0.294. The molecule has 2 aliphatic heterocycles. The van der Waals surface area contributed by atoms with E-state index in [1.54, 1.807) is 7.11 Å². The van der Waals surface area contributed by atoms with E-state index in [2.05, 4.69) is 0 Å². The van der Waals surface area contributed by atoms with Crippen LogP contribution in [0.3, 0.4) is 0 Å². The molecule has 0 aromatic heterocycles. The van der Waals surface area contributed by atoms with Gasteiger partial charge in [-0.2, -0.15) is 0 Å². The predicted molar refractivity (Wildman–Crippen MR) is 77.8 cm³/mol. The normalized spacial score (nSPS) is 22.5. The van der Waals surface area contributed by atoms with E-state index in [0.717, 1.165) is 23.1 Å². The highest BCUT2D eigenvalue weighted by molar-refractivity contribution is 5.78. The van der Waals surface area contributed by atoms with Crippen LogP contribution in [-0.2, 0) is 4.74 Å². The smallest absolute Gasteiger partial charge is 0.207 e. The Balaban J connectivity index is 1.93. The maximum atomic E-state index is 10.7. The number of methoxy groups -OCH3 is 1. The maximum Gasteiger partial charge on any atom is 0.207 e. The van der Waals surface area contributed by atoms with Crippen LogP contribution < -0.4 is 9.47 Å². The molecule has 1 fully saturated rings. The molecule has 4 rings (SSSR count). The Hall–Kier alpha value is -2.20. The summed E-state index contributed by atoms with van der Waals surface area (Å²) in [4.78, 5) is 0. The van der Waals surface area contributed by atoms with Crippen molar-refractivity contribution in [1.82, 2.24) is 0 Å². The van der Waals surface area contributed by atoms with Gasteiger partial charge in [0.2, 0.25) is 6.29 Å². The van der Waals surface area contributed by atoms with Gasteiger partial charge in [0.25, 0.3) is 0 Å². The summed E-state index contributed by atoms with van der Waals surface area (Å²) in [7, 11) is 1.61. The minimum atomic E-state index is -0.300. The number of phenols is 1. The third-order valence-electron chi connectivity index (χ3n) is 4.20. The van der Waals surface area contributed by atoms with Gasteiger partial charge in [0.15, 0.2) is 11.5 Å². The molecule has 2 aromatic carbocycles. The van der Waals surface area contributed by atoms with E-state index in [1.165, 1.54) is 0 Å². The molecule has 0 amide bonds. The van der Waals surface area contributed by atoms with Crippen LogP contribution in [0.4, 0.5) is 0 Å². The second-order valence-electron chi connectivity index (χ2n) is 5.34. The van der Waals surface area contributed by atoms with Crippen LogP contribution in [0, 0.1) is 0 Å². The van der Waals surface area contributed by atoms with Crippen molar-refractivity contribution in [3.8, 4) is 28.4 Å². The molecule has 21 heavy (non-hydrogen) atoms. The van der Waals surface area contributed by atoms with Crippen molar-refractivity contribution in [2.45, 2.75) is 18.6 Å². The largest absolute Gasteiger partial charge is 0.507 e. The number of hydrogen-bond acceptors (Lipinski definition) is 4. The summed E-state index contributed by atoms with van der Waals surface area (Å²) >= 11 is 0. The second kappa shape index (κ2) is 4.67. The molecule has 1 N–H and O–H groups in total.